The molecular formula is C42H27F6N9S. The first kappa shape index (κ1) is 39.1. The van der Waals surface area contributed by atoms with E-state index in [1.165, 1.54) is 36.0 Å². The highest BCUT2D eigenvalue weighted by molar-refractivity contribution is 7.98. The second-order valence-electron chi connectivity index (χ2n) is 12.4. The minimum absolute atomic E-state index is 0.0574. The first-order valence-electron chi connectivity index (χ1n) is 17.2. The van der Waals surface area contributed by atoms with Crippen LogP contribution in [0.3, 0.4) is 0 Å². The number of alkyl halides is 6. The summed E-state index contributed by atoms with van der Waals surface area (Å²) in [6.45, 7) is 0. The van der Waals surface area contributed by atoms with E-state index in [0.717, 1.165) is 57.2 Å². The van der Waals surface area contributed by atoms with Crippen LogP contribution in [0, 0.1) is 11.3 Å². The first-order chi connectivity index (χ1) is 27.8. The van der Waals surface area contributed by atoms with Gasteiger partial charge in [0, 0.05) is 57.8 Å². The number of fused-ring (bicyclic) bond motifs is 2. The molecule has 0 spiro atoms. The predicted molar refractivity (Wildman–Crippen MR) is 211 cm³/mol. The lowest BCUT2D eigenvalue weighted by Gasteiger charge is -2.11. The van der Waals surface area contributed by atoms with Gasteiger partial charge in [0.1, 0.15) is 17.7 Å². The third-order valence-electron chi connectivity index (χ3n) is 8.49. The molecule has 0 fully saturated rings. The fourth-order valence-corrected chi connectivity index (χ4v) is 6.05. The van der Waals surface area contributed by atoms with Gasteiger partial charge in [-0.15, -0.1) is 0 Å². The Bertz CT molecular complexity index is 2770. The highest BCUT2D eigenvalue weighted by atomic mass is 32.2. The van der Waals surface area contributed by atoms with Gasteiger partial charge in [0.2, 0.25) is 5.82 Å². The Balaban J connectivity index is 0.000000177. The van der Waals surface area contributed by atoms with E-state index in [9.17, 15) is 31.6 Å². The van der Waals surface area contributed by atoms with Gasteiger partial charge in [-0.2, -0.15) is 31.6 Å². The van der Waals surface area contributed by atoms with E-state index in [1.807, 2.05) is 73.0 Å². The molecule has 2 N–H and O–H groups in total. The van der Waals surface area contributed by atoms with Crippen LogP contribution >= 0.6 is 11.8 Å². The number of hydrogen-bond donors (Lipinski definition) is 2. The Labute approximate surface area is 330 Å². The molecule has 4 aromatic carbocycles. The molecule has 4 heterocycles. The summed E-state index contributed by atoms with van der Waals surface area (Å²) < 4.78 is 76.4. The quantitative estimate of drug-likeness (QED) is 0.0913. The molecule has 0 saturated heterocycles. The molecule has 0 aliphatic heterocycles. The van der Waals surface area contributed by atoms with Gasteiger partial charge in [-0.05, 0) is 79.1 Å². The van der Waals surface area contributed by atoms with E-state index in [-0.39, 0.29) is 5.82 Å². The van der Waals surface area contributed by atoms with Crippen LogP contribution in [0.1, 0.15) is 17.0 Å². The van der Waals surface area contributed by atoms with Gasteiger partial charge in [0.05, 0.1) is 33.5 Å². The van der Waals surface area contributed by atoms with E-state index in [1.54, 1.807) is 24.5 Å². The highest BCUT2D eigenvalue weighted by Gasteiger charge is 2.30. The molecule has 288 valence electrons. The maximum atomic E-state index is 12.7. The predicted octanol–water partition coefficient (Wildman–Crippen LogP) is 11.5. The molecular weight excluding hydrogens is 777 g/mol. The zero-order valence-corrected chi connectivity index (χ0v) is 30.8. The summed E-state index contributed by atoms with van der Waals surface area (Å²) in [5, 5.41) is 17.8. The zero-order valence-electron chi connectivity index (χ0n) is 30.0. The van der Waals surface area contributed by atoms with Gasteiger partial charge in [-0.3, -0.25) is 9.97 Å². The molecule has 58 heavy (non-hydrogen) atoms. The molecule has 0 saturated carbocycles. The largest absolute Gasteiger partial charge is 0.416 e. The second kappa shape index (κ2) is 16.5. The maximum absolute atomic E-state index is 12.7. The van der Waals surface area contributed by atoms with Crippen molar-refractivity contribution < 1.29 is 26.3 Å². The molecule has 0 aliphatic rings. The van der Waals surface area contributed by atoms with E-state index < -0.39 is 23.5 Å². The molecule has 9 nitrogen and oxygen atoms in total. The Hall–Kier alpha value is -7.12. The number of aromatic nitrogens is 6. The van der Waals surface area contributed by atoms with Crippen molar-refractivity contribution in [1.82, 2.24) is 29.9 Å². The third-order valence-corrected chi connectivity index (χ3v) is 9.03. The van der Waals surface area contributed by atoms with Gasteiger partial charge in [-0.1, -0.05) is 48.2 Å². The fourth-order valence-electron chi connectivity index (χ4n) is 5.67. The van der Waals surface area contributed by atoms with Crippen LogP contribution in [-0.2, 0) is 12.4 Å². The molecule has 0 unspecified atom stereocenters. The van der Waals surface area contributed by atoms with Crippen LogP contribution in [0.15, 0.2) is 139 Å². The minimum atomic E-state index is -4.40. The van der Waals surface area contributed by atoms with E-state index >= 15 is 0 Å². The number of halogens is 6. The lowest BCUT2D eigenvalue weighted by atomic mass is 10.1. The Kier molecular flexibility index (Phi) is 11.2. The molecule has 0 radical (unpaired) electrons. The highest BCUT2D eigenvalue weighted by Crippen LogP contribution is 2.33. The number of pyridine rings is 2. The van der Waals surface area contributed by atoms with Crippen molar-refractivity contribution in [1.29, 1.82) is 5.26 Å². The SMILES string of the molecule is CSc1nc(Nc2ccc(C(F)(F)F)cc2)cc(-c2ccc3cccnc3c2)n1.N#Cc1nc(Nc2ccc(C(F)(F)F)cc2)cc(-c2ccc3cccnc3c2)n1. The summed E-state index contributed by atoms with van der Waals surface area (Å²) in [6.07, 6.45) is -3.49. The molecule has 0 amide bonds. The monoisotopic (exact) mass is 803 g/mol. The van der Waals surface area contributed by atoms with Gasteiger partial charge in [0.25, 0.3) is 0 Å². The lowest BCUT2D eigenvalue weighted by Crippen LogP contribution is -2.05. The summed E-state index contributed by atoms with van der Waals surface area (Å²) in [5.41, 5.74) is 3.93. The zero-order chi connectivity index (χ0) is 40.9. The van der Waals surface area contributed by atoms with E-state index in [0.29, 0.717) is 39.6 Å². The third kappa shape index (κ3) is 9.45. The van der Waals surface area contributed by atoms with Crippen LogP contribution < -0.4 is 10.6 Å². The Morgan fingerprint density at radius 1 is 0.552 bits per heavy atom. The molecule has 16 heteroatoms. The van der Waals surface area contributed by atoms with Crippen molar-refractivity contribution in [3.05, 3.63) is 151 Å². The number of nitriles is 1. The number of thioether (sulfide) groups is 1. The van der Waals surface area contributed by atoms with Gasteiger partial charge in [0.15, 0.2) is 5.16 Å². The van der Waals surface area contributed by atoms with Crippen molar-refractivity contribution >= 4 is 56.6 Å². The minimum Gasteiger partial charge on any atom is -0.340 e. The van der Waals surface area contributed by atoms with Crippen molar-refractivity contribution in [2.45, 2.75) is 17.5 Å². The van der Waals surface area contributed by atoms with E-state index in [4.69, 9.17) is 0 Å². The smallest absolute Gasteiger partial charge is 0.340 e. The van der Waals surface area contributed by atoms with Gasteiger partial charge >= 0.3 is 12.4 Å². The van der Waals surface area contributed by atoms with Crippen molar-refractivity contribution in [3.8, 4) is 28.6 Å². The molecule has 0 bridgehead atoms. The van der Waals surface area contributed by atoms with Crippen molar-refractivity contribution in [2.24, 2.45) is 0 Å². The number of anilines is 4. The fraction of sp³-hybridized carbons (Fsp3) is 0.0714. The van der Waals surface area contributed by atoms with Crippen LogP contribution in [0.2, 0.25) is 0 Å². The maximum Gasteiger partial charge on any atom is 0.416 e. The van der Waals surface area contributed by atoms with Crippen molar-refractivity contribution in [2.75, 3.05) is 16.9 Å². The summed E-state index contributed by atoms with van der Waals surface area (Å²) in [6, 6.07) is 33.8. The molecule has 8 rings (SSSR count). The summed E-state index contributed by atoms with van der Waals surface area (Å²) in [4.78, 5) is 26.0. The summed E-state index contributed by atoms with van der Waals surface area (Å²) in [5.74, 6) is 0.741. The molecule has 4 aromatic heterocycles. The number of nitrogens with one attached hydrogen (secondary N) is 2. The van der Waals surface area contributed by atoms with Crippen molar-refractivity contribution in [3.63, 3.8) is 0 Å². The topological polar surface area (TPSA) is 125 Å². The standard InChI is InChI=1S/C21H12F3N5.C21H15F3N4S/c22-21(23,24)15-5-7-16(8-6-15)27-19-11-18(28-20(12-25)29-19)14-4-3-13-2-1-9-26-17(13)10-14;1-29-20-27-18(14-5-4-13-3-2-10-25-17(13)11-14)12-19(28-20)26-16-8-6-15(7-9-16)21(22,23)24/h1-11H,(H,27,28,29);2-12H,1H3,(H,26,27,28). The second-order valence-corrected chi connectivity index (χ2v) is 13.2. The Morgan fingerprint density at radius 2 is 1.02 bits per heavy atom. The summed E-state index contributed by atoms with van der Waals surface area (Å²) >= 11 is 1.39. The average molecular weight is 804 g/mol. The number of benzene rings is 4. The lowest BCUT2D eigenvalue weighted by molar-refractivity contribution is -0.138. The van der Waals surface area contributed by atoms with Crippen LogP contribution in [0.4, 0.5) is 49.4 Å². The molecule has 0 aliphatic carbocycles. The summed E-state index contributed by atoms with van der Waals surface area (Å²) in [7, 11) is 0. The molecule has 0 atom stereocenters. The van der Waals surface area contributed by atoms with Crippen LogP contribution in [-0.4, -0.2) is 36.2 Å². The molecule has 8 aromatic rings. The van der Waals surface area contributed by atoms with Crippen LogP contribution in [0.5, 0.6) is 0 Å². The first-order valence-corrected chi connectivity index (χ1v) is 18.4. The average Bonchev–Trinajstić information content (AvgIpc) is 3.23. The van der Waals surface area contributed by atoms with Gasteiger partial charge in [-0.25, -0.2) is 19.9 Å². The number of rotatable bonds is 7. The van der Waals surface area contributed by atoms with Crippen LogP contribution in [0.25, 0.3) is 44.3 Å². The normalized spacial score (nSPS) is 11.4. The number of nitrogens with zero attached hydrogens (tertiary/aromatic N) is 7. The van der Waals surface area contributed by atoms with E-state index in [2.05, 4.69) is 40.5 Å². The number of hydrogen-bond acceptors (Lipinski definition) is 10. The Morgan fingerprint density at radius 3 is 1.47 bits per heavy atom. The van der Waals surface area contributed by atoms with Gasteiger partial charge < -0.3 is 10.6 Å².